The molecule has 0 amide bonds. The van der Waals surface area contributed by atoms with Crippen LogP contribution in [0.25, 0.3) is 0 Å². The maximum Gasteiger partial charge on any atom is 0.511 e. The molecule has 2 heterocycles. The predicted octanol–water partition coefficient (Wildman–Crippen LogP) is 4.22. The maximum absolute atomic E-state index is 14.2. The molecule has 1 aliphatic heterocycles. The highest BCUT2D eigenvalue weighted by Crippen LogP contribution is 2.36. The third kappa shape index (κ3) is 5.03. The number of fused-ring (bicyclic) bond motifs is 1. The molecule has 1 N–H and O–H groups in total. The molecule has 0 bridgehead atoms. The highest BCUT2D eigenvalue weighted by molar-refractivity contribution is 7.89. The first-order valence-corrected chi connectivity index (χ1v) is 11.7. The number of aromatic amines is 1. The second-order valence-electron chi connectivity index (χ2n) is 7.90. The van der Waals surface area contributed by atoms with Crippen molar-refractivity contribution < 1.29 is 26.0 Å². The zero-order chi connectivity index (χ0) is 23.6. The topological polar surface area (TPSA) is 69.3 Å². The number of alkyl halides is 3. The second-order valence-corrected chi connectivity index (χ2v) is 9.83. The van der Waals surface area contributed by atoms with Gasteiger partial charge in [0, 0.05) is 31.0 Å². The molecule has 0 spiro atoms. The Labute approximate surface area is 188 Å². The molecule has 2 aromatic carbocycles. The summed E-state index contributed by atoms with van der Waals surface area (Å²) in [5.41, 5.74) is -3.14. The summed E-state index contributed by atoms with van der Waals surface area (Å²) in [6.07, 6.45) is 3.91. The lowest BCUT2D eigenvalue weighted by molar-refractivity contribution is -0.0492. The highest BCUT2D eigenvalue weighted by atomic mass is 32.2. The standard InChI is InChI=1S/C22H22F4N4O2S/c23-18-8-7-17-12-29(33(31,32)22(24,25)26)14-20(9-6-16-4-2-1-3-5-16)30(21(17)10-18)13-19-11-27-15-28-19/h1-5,7-8,10-11,15,20H,6,9,12-14H2,(H,27,28)/t20-/m0/s1. The summed E-state index contributed by atoms with van der Waals surface area (Å²) >= 11 is 0. The number of nitrogens with one attached hydrogen (secondary N) is 1. The lowest BCUT2D eigenvalue weighted by Crippen LogP contribution is -2.47. The summed E-state index contributed by atoms with van der Waals surface area (Å²) < 4.78 is 79.8. The molecule has 1 aromatic heterocycles. The van der Waals surface area contributed by atoms with Crippen molar-refractivity contribution in [1.82, 2.24) is 14.3 Å². The summed E-state index contributed by atoms with van der Waals surface area (Å²) in [5.74, 6) is -0.558. The van der Waals surface area contributed by atoms with E-state index < -0.39 is 33.9 Å². The Hall–Kier alpha value is -2.92. The van der Waals surface area contributed by atoms with Crippen molar-refractivity contribution >= 4 is 15.7 Å². The summed E-state index contributed by atoms with van der Waals surface area (Å²) in [5, 5.41) is 0. The van der Waals surface area contributed by atoms with Crippen molar-refractivity contribution in [3.8, 4) is 0 Å². The number of sulfonamides is 1. The Morgan fingerprint density at radius 3 is 2.55 bits per heavy atom. The fraction of sp³-hybridized carbons (Fsp3) is 0.318. The van der Waals surface area contributed by atoms with E-state index in [1.165, 1.54) is 18.5 Å². The van der Waals surface area contributed by atoms with Crippen molar-refractivity contribution in [2.24, 2.45) is 0 Å². The van der Waals surface area contributed by atoms with E-state index in [-0.39, 0.29) is 13.1 Å². The van der Waals surface area contributed by atoms with Gasteiger partial charge in [0.05, 0.1) is 18.6 Å². The Balaban J connectivity index is 1.76. The summed E-state index contributed by atoms with van der Waals surface area (Å²) in [7, 11) is -5.58. The van der Waals surface area contributed by atoms with Gasteiger partial charge in [0.25, 0.3) is 0 Å². The van der Waals surface area contributed by atoms with Crippen LogP contribution in [0.2, 0.25) is 0 Å². The smallest absolute Gasteiger partial charge is 0.361 e. The van der Waals surface area contributed by atoms with Gasteiger partial charge in [-0.3, -0.25) is 0 Å². The summed E-state index contributed by atoms with van der Waals surface area (Å²) in [4.78, 5) is 8.69. The Bertz CT molecular complexity index is 1180. The van der Waals surface area contributed by atoms with Crippen LogP contribution in [-0.2, 0) is 29.5 Å². The molecule has 33 heavy (non-hydrogen) atoms. The maximum atomic E-state index is 14.2. The van der Waals surface area contributed by atoms with Gasteiger partial charge in [-0.1, -0.05) is 36.4 Å². The molecule has 0 aliphatic carbocycles. The van der Waals surface area contributed by atoms with Crippen LogP contribution in [0.4, 0.5) is 23.2 Å². The van der Waals surface area contributed by atoms with E-state index in [1.54, 1.807) is 11.1 Å². The number of rotatable bonds is 6. The first-order valence-electron chi connectivity index (χ1n) is 10.3. The van der Waals surface area contributed by atoms with Crippen LogP contribution in [0.1, 0.15) is 23.2 Å². The number of H-pyrrole nitrogens is 1. The Morgan fingerprint density at radius 2 is 1.88 bits per heavy atom. The first-order chi connectivity index (χ1) is 15.6. The van der Waals surface area contributed by atoms with Gasteiger partial charge in [-0.15, -0.1) is 0 Å². The molecule has 176 valence electrons. The van der Waals surface area contributed by atoms with E-state index in [2.05, 4.69) is 9.97 Å². The minimum absolute atomic E-state index is 0.204. The zero-order valence-corrected chi connectivity index (χ0v) is 18.3. The molecule has 0 fully saturated rings. The normalized spacial score (nSPS) is 17.6. The molecule has 3 aromatic rings. The predicted molar refractivity (Wildman–Crippen MR) is 115 cm³/mol. The molecule has 0 unspecified atom stereocenters. The van der Waals surface area contributed by atoms with Crippen molar-refractivity contribution in [2.75, 3.05) is 11.4 Å². The lowest BCUT2D eigenvalue weighted by Gasteiger charge is -2.34. The highest BCUT2D eigenvalue weighted by Gasteiger charge is 2.51. The fourth-order valence-corrected chi connectivity index (χ4v) is 5.02. The van der Waals surface area contributed by atoms with Crippen LogP contribution in [0.3, 0.4) is 0 Å². The SMILES string of the molecule is O=S(=O)(N1Cc2ccc(F)cc2N(Cc2cnc[nH]2)[C@@H](CCc2ccccc2)C1)C(F)(F)F. The molecule has 0 saturated heterocycles. The van der Waals surface area contributed by atoms with Gasteiger partial charge in [-0.05, 0) is 36.1 Å². The molecule has 6 nitrogen and oxygen atoms in total. The second kappa shape index (κ2) is 9.14. The van der Waals surface area contributed by atoms with Gasteiger partial charge in [-0.2, -0.15) is 17.5 Å². The quantitative estimate of drug-likeness (QED) is 0.534. The number of imidazole rings is 1. The van der Waals surface area contributed by atoms with Crippen molar-refractivity contribution in [3.05, 3.63) is 83.7 Å². The van der Waals surface area contributed by atoms with Gasteiger partial charge < -0.3 is 9.88 Å². The number of hydrogen-bond acceptors (Lipinski definition) is 4. The van der Waals surface area contributed by atoms with Crippen LogP contribution in [0.15, 0.2) is 61.1 Å². The van der Waals surface area contributed by atoms with E-state index >= 15 is 0 Å². The molecular formula is C22H22F4N4O2S. The number of aryl methyl sites for hydroxylation is 1. The average molecular weight is 483 g/mol. The first kappa shape index (κ1) is 23.2. The number of hydrogen-bond donors (Lipinski definition) is 1. The zero-order valence-electron chi connectivity index (χ0n) is 17.5. The van der Waals surface area contributed by atoms with Gasteiger partial charge >= 0.3 is 15.5 Å². The van der Waals surface area contributed by atoms with Gasteiger partial charge in [0.15, 0.2) is 0 Å². The Morgan fingerprint density at radius 1 is 1.12 bits per heavy atom. The lowest BCUT2D eigenvalue weighted by atomic mass is 10.0. The monoisotopic (exact) mass is 482 g/mol. The fourth-order valence-electron chi connectivity index (χ4n) is 4.05. The average Bonchev–Trinajstić information content (AvgIpc) is 3.23. The minimum atomic E-state index is -5.58. The van der Waals surface area contributed by atoms with E-state index in [1.807, 2.05) is 30.3 Å². The molecule has 4 rings (SSSR count). The van der Waals surface area contributed by atoms with Gasteiger partial charge in [0.2, 0.25) is 0 Å². The molecular weight excluding hydrogens is 460 g/mol. The van der Waals surface area contributed by atoms with Crippen molar-refractivity contribution in [1.29, 1.82) is 0 Å². The molecule has 1 atom stereocenters. The molecule has 1 aliphatic rings. The van der Waals surface area contributed by atoms with Crippen molar-refractivity contribution in [2.45, 2.75) is 37.5 Å². The van der Waals surface area contributed by atoms with Crippen LogP contribution in [0.5, 0.6) is 0 Å². The number of halogens is 4. The third-order valence-electron chi connectivity index (χ3n) is 5.70. The van der Waals surface area contributed by atoms with Gasteiger partial charge in [0.1, 0.15) is 5.82 Å². The molecule has 0 radical (unpaired) electrons. The van der Waals surface area contributed by atoms with Crippen LogP contribution in [0, 0.1) is 5.82 Å². The van der Waals surface area contributed by atoms with E-state index in [0.29, 0.717) is 34.1 Å². The number of benzene rings is 2. The molecule has 0 saturated carbocycles. The van der Waals surface area contributed by atoms with Gasteiger partial charge in [-0.25, -0.2) is 17.8 Å². The van der Waals surface area contributed by atoms with Crippen molar-refractivity contribution in [3.63, 3.8) is 0 Å². The van der Waals surface area contributed by atoms with E-state index in [4.69, 9.17) is 0 Å². The largest absolute Gasteiger partial charge is 0.511 e. The number of nitrogens with zero attached hydrogens (tertiary/aromatic N) is 3. The van der Waals surface area contributed by atoms with E-state index in [9.17, 15) is 26.0 Å². The number of anilines is 1. The number of aromatic nitrogens is 2. The van der Waals surface area contributed by atoms with Crippen LogP contribution >= 0.6 is 0 Å². The minimum Gasteiger partial charge on any atom is -0.361 e. The third-order valence-corrected chi connectivity index (χ3v) is 7.24. The molecule has 11 heteroatoms. The van der Waals surface area contributed by atoms with Crippen LogP contribution in [-0.4, -0.2) is 40.8 Å². The Kier molecular flexibility index (Phi) is 6.44. The van der Waals surface area contributed by atoms with Crippen LogP contribution < -0.4 is 4.90 Å². The van der Waals surface area contributed by atoms with E-state index in [0.717, 1.165) is 11.6 Å². The summed E-state index contributed by atoms with van der Waals surface area (Å²) in [6.45, 7) is -0.687. The summed E-state index contributed by atoms with van der Waals surface area (Å²) in [6, 6.07) is 12.4.